The molecule has 2 aromatic rings. The van der Waals surface area contributed by atoms with Crippen LogP contribution in [0.4, 0.5) is 14.6 Å². The summed E-state index contributed by atoms with van der Waals surface area (Å²) in [6.07, 6.45) is 1.17. The van der Waals surface area contributed by atoms with Crippen LogP contribution in [0.1, 0.15) is 33.6 Å². The van der Waals surface area contributed by atoms with Gasteiger partial charge in [-0.3, -0.25) is 4.79 Å². The van der Waals surface area contributed by atoms with Gasteiger partial charge in [0, 0.05) is 18.8 Å². The highest BCUT2D eigenvalue weighted by Crippen LogP contribution is 2.59. The van der Waals surface area contributed by atoms with Crippen LogP contribution in [0, 0.1) is 18.8 Å². The Bertz CT molecular complexity index is 963. The molecule has 10 heteroatoms. The molecule has 0 bridgehead atoms. The molecule has 29 heavy (non-hydrogen) atoms. The zero-order chi connectivity index (χ0) is 20.9. The molecular weight excluding hydrogens is 388 g/mol. The van der Waals surface area contributed by atoms with E-state index >= 15 is 0 Å². The molecule has 8 nitrogen and oxygen atoms in total. The summed E-state index contributed by atoms with van der Waals surface area (Å²) in [6, 6.07) is 3.34. The lowest BCUT2D eigenvalue weighted by Gasteiger charge is -2.22. The van der Waals surface area contributed by atoms with Gasteiger partial charge in [0.2, 0.25) is 11.7 Å². The largest absolute Gasteiger partial charge is 0.468 e. The predicted molar refractivity (Wildman–Crippen MR) is 94.8 cm³/mol. The second-order valence-electron chi connectivity index (χ2n) is 7.15. The van der Waals surface area contributed by atoms with Crippen LogP contribution >= 0.6 is 0 Å². The van der Waals surface area contributed by atoms with Crippen LogP contribution in [0.25, 0.3) is 0 Å². The van der Waals surface area contributed by atoms with Crippen LogP contribution in [-0.4, -0.2) is 55.1 Å². The van der Waals surface area contributed by atoms with Crippen LogP contribution in [0.5, 0.6) is 0 Å². The Kier molecular flexibility index (Phi) is 4.51. The molecule has 0 N–H and O–H groups in total. The monoisotopic (exact) mass is 407 g/mol. The van der Waals surface area contributed by atoms with E-state index in [1.807, 2.05) is 4.90 Å². The Morgan fingerprint density at radius 1 is 1.24 bits per heavy atom. The first-order chi connectivity index (χ1) is 13.8. The van der Waals surface area contributed by atoms with E-state index in [4.69, 9.17) is 9.15 Å². The Balaban J connectivity index is 1.61. The Labute approximate surface area is 164 Å². The number of rotatable bonds is 5. The summed E-state index contributed by atoms with van der Waals surface area (Å²) in [5, 5.41) is 0. The van der Waals surface area contributed by atoms with E-state index < -0.39 is 35.6 Å². The topological polar surface area (TPSA) is 94.8 Å². The number of fused-ring (bicyclic) bond motifs is 1. The van der Waals surface area contributed by atoms with Gasteiger partial charge in [0.05, 0.1) is 32.3 Å². The first-order valence-electron chi connectivity index (χ1n) is 9.00. The molecule has 1 aliphatic heterocycles. The number of carbonyl (C=O) groups is 2. The lowest BCUT2D eigenvalue weighted by Crippen LogP contribution is -2.28. The van der Waals surface area contributed by atoms with E-state index in [1.165, 1.54) is 20.4 Å². The maximum atomic E-state index is 13.4. The molecule has 2 aromatic heterocycles. The molecule has 0 spiro atoms. The lowest BCUT2D eigenvalue weighted by molar-refractivity contribution is -0.141. The zero-order valence-electron chi connectivity index (χ0n) is 16.0. The number of pyridine rings is 1. The molecule has 0 aromatic carbocycles. The van der Waals surface area contributed by atoms with Gasteiger partial charge in [-0.05, 0) is 18.6 Å². The number of halogens is 2. The van der Waals surface area contributed by atoms with E-state index in [0.717, 1.165) is 0 Å². The van der Waals surface area contributed by atoms with Gasteiger partial charge in [0.1, 0.15) is 5.82 Å². The zero-order valence-corrected chi connectivity index (χ0v) is 16.0. The number of anilines is 1. The maximum absolute atomic E-state index is 13.4. The average Bonchev–Trinajstić information content (AvgIpc) is 3.18. The van der Waals surface area contributed by atoms with Crippen molar-refractivity contribution >= 4 is 17.8 Å². The number of alkyl halides is 2. The molecule has 2 fully saturated rings. The third kappa shape index (κ3) is 3.12. The number of carbonyl (C=O) groups excluding carboxylic acids is 2. The van der Waals surface area contributed by atoms with Gasteiger partial charge in [-0.15, -0.1) is 0 Å². The second-order valence-corrected chi connectivity index (χ2v) is 7.15. The second kappa shape index (κ2) is 6.78. The van der Waals surface area contributed by atoms with Gasteiger partial charge in [-0.25, -0.2) is 23.5 Å². The fourth-order valence-electron chi connectivity index (χ4n) is 3.83. The number of hydrogen-bond donors (Lipinski definition) is 0. The predicted octanol–water partition coefficient (Wildman–Crippen LogP) is 2.17. The first-order valence-corrected chi connectivity index (χ1v) is 9.00. The van der Waals surface area contributed by atoms with E-state index in [9.17, 15) is 18.4 Å². The van der Waals surface area contributed by atoms with Crippen molar-refractivity contribution in [1.29, 1.82) is 0 Å². The van der Waals surface area contributed by atoms with Crippen molar-refractivity contribution in [2.75, 3.05) is 32.2 Å². The molecule has 3 atom stereocenters. The standard InChI is InChI=1S/C19H19F2N3O5/c1-9-10(4-5-14(23-9)24-7-11-12(8-24)19(11,20)21)15(18(26)28-3)16-22-6-13(29-16)17(25)27-2/h4-6,11-12,15H,7-8H2,1-3H3. The molecule has 0 amide bonds. The Morgan fingerprint density at radius 3 is 2.52 bits per heavy atom. The first kappa shape index (κ1) is 19.3. The van der Waals surface area contributed by atoms with Gasteiger partial charge in [-0.1, -0.05) is 6.07 Å². The molecule has 2 aliphatic rings. The third-order valence-electron chi connectivity index (χ3n) is 5.54. The minimum absolute atomic E-state index is 0.0306. The maximum Gasteiger partial charge on any atom is 0.375 e. The summed E-state index contributed by atoms with van der Waals surface area (Å²) >= 11 is 0. The molecule has 1 aliphatic carbocycles. The van der Waals surface area contributed by atoms with E-state index in [1.54, 1.807) is 19.1 Å². The minimum atomic E-state index is -2.57. The summed E-state index contributed by atoms with van der Waals surface area (Å²) in [7, 11) is 2.43. The Hall–Kier alpha value is -3.04. The van der Waals surface area contributed by atoms with Gasteiger partial charge in [-0.2, -0.15) is 0 Å². The normalized spacial score (nSPS) is 22.7. The summed E-state index contributed by atoms with van der Waals surface area (Å²) < 4.78 is 41.7. The number of hydrogen-bond acceptors (Lipinski definition) is 8. The van der Waals surface area contributed by atoms with Crippen molar-refractivity contribution in [3.05, 3.63) is 41.2 Å². The smallest absolute Gasteiger partial charge is 0.375 e. The number of nitrogens with zero attached hydrogens (tertiary/aromatic N) is 3. The Morgan fingerprint density at radius 2 is 1.93 bits per heavy atom. The van der Waals surface area contributed by atoms with Crippen LogP contribution < -0.4 is 4.90 Å². The molecule has 1 saturated carbocycles. The number of ether oxygens (including phenoxy) is 2. The van der Waals surface area contributed by atoms with Crippen molar-refractivity contribution in [3.63, 3.8) is 0 Å². The fraction of sp³-hybridized carbons (Fsp3) is 0.474. The number of piperidine rings is 1. The van der Waals surface area contributed by atoms with Gasteiger partial charge < -0.3 is 18.8 Å². The number of methoxy groups -OCH3 is 2. The van der Waals surface area contributed by atoms with Crippen LogP contribution in [0.3, 0.4) is 0 Å². The summed E-state index contributed by atoms with van der Waals surface area (Å²) in [5.74, 6) is -5.79. The number of aryl methyl sites for hydroxylation is 1. The highest BCUT2D eigenvalue weighted by Gasteiger charge is 2.71. The molecule has 0 radical (unpaired) electrons. The molecule has 3 heterocycles. The van der Waals surface area contributed by atoms with Gasteiger partial charge in [0.25, 0.3) is 5.92 Å². The van der Waals surface area contributed by atoms with Crippen molar-refractivity contribution in [2.24, 2.45) is 11.8 Å². The summed E-state index contributed by atoms with van der Waals surface area (Å²) in [4.78, 5) is 34.4. The molecular formula is C19H19F2N3O5. The van der Waals surface area contributed by atoms with E-state index in [2.05, 4.69) is 14.7 Å². The van der Waals surface area contributed by atoms with Gasteiger partial charge >= 0.3 is 11.9 Å². The highest BCUT2D eigenvalue weighted by molar-refractivity contribution is 5.86. The van der Waals surface area contributed by atoms with E-state index in [0.29, 0.717) is 17.1 Å². The van der Waals surface area contributed by atoms with Crippen LogP contribution in [-0.2, 0) is 14.3 Å². The lowest BCUT2D eigenvalue weighted by atomic mass is 9.97. The fourth-order valence-corrected chi connectivity index (χ4v) is 3.83. The minimum Gasteiger partial charge on any atom is -0.468 e. The SMILES string of the molecule is COC(=O)c1cnc(C(C(=O)OC)c2ccc(N3CC4C(C3)C4(F)F)nc2C)o1. The molecule has 154 valence electrons. The summed E-state index contributed by atoms with van der Waals surface area (Å²) in [6.45, 7) is 2.21. The molecule has 1 saturated heterocycles. The quantitative estimate of drug-likeness (QED) is 0.696. The van der Waals surface area contributed by atoms with E-state index in [-0.39, 0.29) is 24.7 Å². The van der Waals surface area contributed by atoms with Crippen molar-refractivity contribution in [1.82, 2.24) is 9.97 Å². The number of oxazole rings is 1. The van der Waals surface area contributed by atoms with Crippen LogP contribution in [0.15, 0.2) is 22.7 Å². The molecule has 3 unspecified atom stereocenters. The van der Waals surface area contributed by atoms with Gasteiger partial charge in [0.15, 0.2) is 5.92 Å². The number of esters is 2. The van der Waals surface area contributed by atoms with Crippen molar-refractivity contribution in [3.8, 4) is 0 Å². The highest BCUT2D eigenvalue weighted by atomic mass is 19.3. The number of aromatic nitrogens is 2. The van der Waals surface area contributed by atoms with Crippen LogP contribution in [0.2, 0.25) is 0 Å². The van der Waals surface area contributed by atoms with Crippen molar-refractivity contribution in [2.45, 2.75) is 18.8 Å². The van der Waals surface area contributed by atoms with Crippen molar-refractivity contribution < 1.29 is 32.3 Å². The molecule has 4 rings (SSSR count). The average molecular weight is 407 g/mol. The summed E-state index contributed by atoms with van der Waals surface area (Å²) in [5.41, 5.74) is 0.983. The third-order valence-corrected chi connectivity index (χ3v) is 5.54.